The molecule has 1 fully saturated rings. The zero-order chi connectivity index (χ0) is 20.8. The van der Waals surface area contributed by atoms with Crippen LogP contribution >= 0.6 is 0 Å². The zero-order valence-electron chi connectivity index (χ0n) is 17.9. The van der Waals surface area contributed by atoms with Crippen molar-refractivity contribution < 1.29 is 0 Å². The third kappa shape index (κ3) is 4.40. The number of hydrogen-bond acceptors (Lipinski definition) is 4. The van der Waals surface area contributed by atoms with Crippen LogP contribution in [0, 0.1) is 0 Å². The molecular formula is C23H31N7. The number of benzene rings is 1. The first-order valence-electron chi connectivity index (χ1n) is 10.9. The first-order chi connectivity index (χ1) is 14.8. The van der Waals surface area contributed by atoms with E-state index in [0.29, 0.717) is 0 Å². The molecule has 0 atom stereocenters. The largest absolute Gasteiger partial charge is 0.361 e. The highest BCUT2D eigenvalue weighted by atomic mass is 15.4. The molecule has 4 rings (SSSR count). The Bertz CT molecular complexity index is 972. The maximum atomic E-state index is 4.93. The van der Waals surface area contributed by atoms with Crippen LogP contribution in [0.4, 0.5) is 5.95 Å². The lowest BCUT2D eigenvalue weighted by molar-refractivity contribution is 0.370. The predicted octanol–water partition coefficient (Wildman–Crippen LogP) is 2.85. The van der Waals surface area contributed by atoms with Crippen LogP contribution < -0.4 is 10.2 Å². The third-order valence-electron chi connectivity index (χ3n) is 5.66. The van der Waals surface area contributed by atoms with Crippen molar-refractivity contribution in [2.45, 2.75) is 26.7 Å². The van der Waals surface area contributed by atoms with Gasteiger partial charge in [0, 0.05) is 68.8 Å². The van der Waals surface area contributed by atoms with E-state index in [1.165, 1.54) is 22.0 Å². The van der Waals surface area contributed by atoms with Gasteiger partial charge in [0.1, 0.15) is 0 Å². The van der Waals surface area contributed by atoms with Gasteiger partial charge in [-0.1, -0.05) is 25.1 Å². The highest BCUT2D eigenvalue weighted by Gasteiger charge is 2.21. The molecule has 3 aromatic rings. The highest BCUT2D eigenvalue weighted by Crippen LogP contribution is 2.22. The summed E-state index contributed by atoms with van der Waals surface area (Å²) in [6, 6.07) is 8.42. The number of hydrogen-bond donors (Lipinski definition) is 2. The standard InChI is InChI=1S/C23H31N7/c1-3-18-7-5-8-20-19(17-28-21(18)20)9-12-27-22(24-4-2)29-13-15-30(16-14-29)23-25-10-6-11-26-23/h5-8,10-11,17,28H,3-4,9,12-16H2,1-2H3,(H,24,27). The van der Waals surface area contributed by atoms with Gasteiger partial charge < -0.3 is 20.1 Å². The van der Waals surface area contributed by atoms with E-state index in [2.05, 4.69) is 68.3 Å². The van der Waals surface area contributed by atoms with Crippen LogP contribution in [0.5, 0.6) is 0 Å². The number of guanidine groups is 1. The fraction of sp³-hybridized carbons (Fsp3) is 0.435. The minimum absolute atomic E-state index is 0.771. The van der Waals surface area contributed by atoms with Crippen molar-refractivity contribution in [1.29, 1.82) is 0 Å². The lowest BCUT2D eigenvalue weighted by atomic mass is 10.1. The molecule has 0 radical (unpaired) electrons. The molecular weight excluding hydrogens is 374 g/mol. The van der Waals surface area contributed by atoms with Gasteiger partial charge in [-0.25, -0.2) is 9.97 Å². The molecule has 0 unspecified atom stereocenters. The molecule has 0 saturated carbocycles. The van der Waals surface area contributed by atoms with Crippen LogP contribution in [0.1, 0.15) is 25.0 Å². The number of aromatic nitrogens is 3. The van der Waals surface area contributed by atoms with Crippen molar-refractivity contribution in [2.75, 3.05) is 44.2 Å². The molecule has 2 N–H and O–H groups in total. The monoisotopic (exact) mass is 405 g/mol. The maximum Gasteiger partial charge on any atom is 0.225 e. The number of rotatable bonds is 6. The molecule has 0 amide bonds. The van der Waals surface area contributed by atoms with Crippen LogP contribution in [-0.4, -0.2) is 65.1 Å². The molecule has 158 valence electrons. The van der Waals surface area contributed by atoms with E-state index in [-0.39, 0.29) is 0 Å². The first kappa shape index (κ1) is 20.2. The van der Waals surface area contributed by atoms with Gasteiger partial charge >= 0.3 is 0 Å². The van der Waals surface area contributed by atoms with E-state index in [4.69, 9.17) is 4.99 Å². The number of fused-ring (bicyclic) bond motifs is 1. The average Bonchev–Trinajstić information content (AvgIpc) is 3.22. The quantitative estimate of drug-likeness (QED) is 0.487. The summed E-state index contributed by atoms with van der Waals surface area (Å²) in [4.78, 5) is 21.7. The minimum Gasteiger partial charge on any atom is -0.361 e. The topological polar surface area (TPSA) is 72.4 Å². The summed E-state index contributed by atoms with van der Waals surface area (Å²) >= 11 is 0. The highest BCUT2D eigenvalue weighted by molar-refractivity contribution is 5.86. The van der Waals surface area contributed by atoms with E-state index in [1.807, 2.05) is 6.07 Å². The third-order valence-corrected chi connectivity index (χ3v) is 5.66. The van der Waals surface area contributed by atoms with Crippen LogP contribution in [-0.2, 0) is 12.8 Å². The lowest BCUT2D eigenvalue weighted by Crippen LogP contribution is -2.53. The number of aromatic amines is 1. The molecule has 1 saturated heterocycles. The SMILES string of the molecule is CCNC(=NCCc1c[nH]c2c(CC)cccc12)N1CCN(c2ncccn2)CC1. The number of piperazine rings is 1. The Morgan fingerprint density at radius 3 is 2.60 bits per heavy atom. The summed E-state index contributed by atoms with van der Waals surface area (Å²) in [6.07, 6.45) is 7.72. The second-order valence-electron chi connectivity index (χ2n) is 7.52. The van der Waals surface area contributed by atoms with Gasteiger partial charge in [0.15, 0.2) is 5.96 Å². The van der Waals surface area contributed by atoms with Gasteiger partial charge in [-0.05, 0) is 37.0 Å². The molecule has 2 aromatic heterocycles. The van der Waals surface area contributed by atoms with Crippen LogP contribution in [0.15, 0.2) is 47.8 Å². The van der Waals surface area contributed by atoms with Crippen molar-refractivity contribution in [3.8, 4) is 0 Å². The van der Waals surface area contributed by atoms with Crippen molar-refractivity contribution >= 4 is 22.8 Å². The average molecular weight is 406 g/mol. The van der Waals surface area contributed by atoms with Gasteiger partial charge in [-0.2, -0.15) is 0 Å². The van der Waals surface area contributed by atoms with E-state index >= 15 is 0 Å². The number of anilines is 1. The van der Waals surface area contributed by atoms with Crippen molar-refractivity contribution in [3.05, 3.63) is 54.0 Å². The number of aliphatic imine (C=N–C) groups is 1. The fourth-order valence-corrected chi connectivity index (χ4v) is 4.06. The zero-order valence-corrected chi connectivity index (χ0v) is 17.9. The molecule has 0 bridgehead atoms. The van der Waals surface area contributed by atoms with Crippen molar-refractivity contribution in [3.63, 3.8) is 0 Å². The van der Waals surface area contributed by atoms with Crippen LogP contribution in [0.2, 0.25) is 0 Å². The maximum absolute atomic E-state index is 4.93. The second-order valence-corrected chi connectivity index (χ2v) is 7.52. The fourth-order valence-electron chi connectivity index (χ4n) is 4.06. The smallest absolute Gasteiger partial charge is 0.225 e. The number of H-pyrrole nitrogens is 1. The van der Waals surface area contributed by atoms with E-state index < -0.39 is 0 Å². The van der Waals surface area contributed by atoms with Gasteiger partial charge in [-0.15, -0.1) is 0 Å². The number of nitrogens with zero attached hydrogens (tertiary/aromatic N) is 5. The van der Waals surface area contributed by atoms with Gasteiger partial charge in [0.2, 0.25) is 5.95 Å². The van der Waals surface area contributed by atoms with Crippen LogP contribution in [0.3, 0.4) is 0 Å². The Morgan fingerprint density at radius 2 is 1.87 bits per heavy atom. The number of nitrogens with one attached hydrogen (secondary N) is 2. The van der Waals surface area contributed by atoms with Crippen LogP contribution in [0.25, 0.3) is 10.9 Å². The summed E-state index contributed by atoms with van der Waals surface area (Å²) in [5.74, 6) is 1.81. The molecule has 0 spiro atoms. The molecule has 7 heteroatoms. The molecule has 30 heavy (non-hydrogen) atoms. The minimum atomic E-state index is 0.771. The Kier molecular flexibility index (Phi) is 6.47. The summed E-state index contributed by atoms with van der Waals surface area (Å²) in [6.45, 7) is 9.59. The summed E-state index contributed by atoms with van der Waals surface area (Å²) < 4.78 is 0. The Labute approximate surface area is 178 Å². The van der Waals surface area contributed by atoms with Gasteiger partial charge in [-0.3, -0.25) is 4.99 Å². The normalized spacial score (nSPS) is 15.1. The molecule has 1 aliphatic rings. The van der Waals surface area contributed by atoms with Gasteiger partial charge in [0.25, 0.3) is 0 Å². The number of aryl methyl sites for hydroxylation is 1. The first-order valence-corrected chi connectivity index (χ1v) is 10.9. The summed E-state index contributed by atoms with van der Waals surface area (Å²) in [5.41, 5.74) is 3.98. The molecule has 0 aliphatic carbocycles. The molecule has 1 aliphatic heterocycles. The summed E-state index contributed by atoms with van der Waals surface area (Å²) in [5, 5.41) is 4.79. The second kappa shape index (κ2) is 9.61. The molecule has 3 heterocycles. The Morgan fingerprint density at radius 1 is 1.07 bits per heavy atom. The Hall–Kier alpha value is -3.09. The van der Waals surface area contributed by atoms with Crippen molar-refractivity contribution in [1.82, 2.24) is 25.2 Å². The number of para-hydroxylation sites is 1. The van der Waals surface area contributed by atoms with Gasteiger partial charge in [0.05, 0.1) is 0 Å². The molecule has 1 aromatic carbocycles. The molecule has 7 nitrogen and oxygen atoms in total. The lowest BCUT2D eigenvalue weighted by Gasteiger charge is -2.36. The van der Waals surface area contributed by atoms with E-state index in [1.54, 1.807) is 12.4 Å². The van der Waals surface area contributed by atoms with E-state index in [9.17, 15) is 0 Å². The summed E-state index contributed by atoms with van der Waals surface area (Å²) in [7, 11) is 0. The van der Waals surface area contributed by atoms with E-state index in [0.717, 1.165) is 64.0 Å². The predicted molar refractivity (Wildman–Crippen MR) is 123 cm³/mol. The Balaban J connectivity index is 1.39. The van der Waals surface area contributed by atoms with Crippen molar-refractivity contribution in [2.24, 2.45) is 4.99 Å².